The van der Waals surface area contributed by atoms with Gasteiger partial charge in [-0.15, -0.1) is 0 Å². The number of hydrogen-bond acceptors (Lipinski definition) is 5. The van der Waals surface area contributed by atoms with Crippen molar-refractivity contribution in [3.8, 4) is 0 Å². The molecule has 1 atom stereocenters. The van der Waals surface area contributed by atoms with Gasteiger partial charge in [-0.1, -0.05) is 6.42 Å². The highest BCUT2D eigenvalue weighted by atomic mass is 16.6. The van der Waals surface area contributed by atoms with Crippen molar-refractivity contribution in [1.29, 1.82) is 0 Å². The Morgan fingerprint density at radius 3 is 2.85 bits per heavy atom. The van der Waals surface area contributed by atoms with Crippen LogP contribution in [0.1, 0.15) is 44.8 Å². The van der Waals surface area contributed by atoms with Crippen molar-refractivity contribution >= 4 is 11.5 Å². The van der Waals surface area contributed by atoms with Crippen molar-refractivity contribution in [3.05, 3.63) is 15.8 Å². The van der Waals surface area contributed by atoms with E-state index < -0.39 is 0 Å². The van der Waals surface area contributed by atoms with E-state index in [4.69, 9.17) is 0 Å². The van der Waals surface area contributed by atoms with Gasteiger partial charge in [-0.3, -0.25) is 10.1 Å². The minimum Gasteiger partial charge on any atom is -0.363 e. The molecule has 0 amide bonds. The molecule has 7 heteroatoms. The summed E-state index contributed by atoms with van der Waals surface area (Å²) in [6, 6.07) is 0.461. The molecule has 1 aliphatic heterocycles. The summed E-state index contributed by atoms with van der Waals surface area (Å²) in [5.74, 6) is 0.523. The molecule has 1 aliphatic rings. The minimum absolute atomic E-state index is 0.0872. The zero-order valence-electron chi connectivity index (χ0n) is 12.3. The maximum absolute atomic E-state index is 11.2. The van der Waals surface area contributed by atoms with Crippen LogP contribution < -0.4 is 10.6 Å². The number of nitro groups is 1. The molecule has 0 spiro atoms. The number of anilines is 1. The van der Waals surface area contributed by atoms with Gasteiger partial charge in [-0.05, 0) is 40.2 Å². The highest BCUT2D eigenvalue weighted by Gasteiger charge is 2.27. The lowest BCUT2D eigenvalue weighted by molar-refractivity contribution is -0.384. The summed E-state index contributed by atoms with van der Waals surface area (Å²) in [5.41, 5.74) is 0.553. The molecule has 2 heterocycles. The van der Waals surface area contributed by atoms with Gasteiger partial charge in [0.05, 0.1) is 4.92 Å². The SMILES string of the molecule is Cc1nn(C(C)C)c(NCC2CCCCN2)c1[N+](=O)[O-]. The molecule has 0 radical (unpaired) electrons. The van der Waals surface area contributed by atoms with Gasteiger partial charge in [0, 0.05) is 18.6 Å². The molecule has 2 N–H and O–H groups in total. The van der Waals surface area contributed by atoms with Gasteiger partial charge in [0.25, 0.3) is 0 Å². The maximum atomic E-state index is 11.2. The summed E-state index contributed by atoms with van der Waals surface area (Å²) >= 11 is 0. The second-order valence-corrected chi connectivity index (χ2v) is 5.61. The van der Waals surface area contributed by atoms with E-state index in [0.717, 1.165) is 13.0 Å². The van der Waals surface area contributed by atoms with Gasteiger partial charge in [-0.2, -0.15) is 5.10 Å². The third-order valence-corrected chi connectivity index (χ3v) is 3.65. The standard InChI is InChI=1S/C13H23N5O2/c1-9(2)17-13(12(18(19)20)10(3)16-17)15-8-11-6-4-5-7-14-11/h9,11,14-15H,4-8H2,1-3H3. The maximum Gasteiger partial charge on any atom is 0.333 e. The number of rotatable bonds is 5. The summed E-state index contributed by atoms with van der Waals surface area (Å²) in [7, 11) is 0. The fourth-order valence-electron chi connectivity index (χ4n) is 2.61. The highest BCUT2D eigenvalue weighted by Crippen LogP contribution is 2.30. The fraction of sp³-hybridized carbons (Fsp3) is 0.769. The summed E-state index contributed by atoms with van der Waals surface area (Å²) in [6.07, 6.45) is 3.53. The first-order chi connectivity index (χ1) is 9.50. The first-order valence-electron chi connectivity index (χ1n) is 7.21. The van der Waals surface area contributed by atoms with Crippen LogP contribution in [0.15, 0.2) is 0 Å². The van der Waals surface area contributed by atoms with E-state index >= 15 is 0 Å². The Labute approximate surface area is 118 Å². The van der Waals surface area contributed by atoms with E-state index in [1.54, 1.807) is 11.6 Å². The molecule has 0 bridgehead atoms. The largest absolute Gasteiger partial charge is 0.363 e. The Hall–Kier alpha value is -1.63. The minimum atomic E-state index is -0.349. The van der Waals surface area contributed by atoms with E-state index in [1.807, 2.05) is 13.8 Å². The number of piperidine rings is 1. The monoisotopic (exact) mass is 281 g/mol. The molecule has 1 aromatic rings. The van der Waals surface area contributed by atoms with Gasteiger partial charge in [-0.25, -0.2) is 4.68 Å². The van der Waals surface area contributed by atoms with E-state index in [2.05, 4.69) is 15.7 Å². The summed E-state index contributed by atoms with van der Waals surface area (Å²) in [5, 5.41) is 22.2. The molecule has 0 aromatic carbocycles. The van der Waals surface area contributed by atoms with Crippen LogP contribution in [-0.2, 0) is 0 Å². The van der Waals surface area contributed by atoms with Crippen molar-refractivity contribution in [3.63, 3.8) is 0 Å². The molecule has 1 unspecified atom stereocenters. The summed E-state index contributed by atoms with van der Waals surface area (Å²) < 4.78 is 1.70. The Morgan fingerprint density at radius 1 is 1.55 bits per heavy atom. The third kappa shape index (κ3) is 3.09. The van der Waals surface area contributed by atoms with Crippen molar-refractivity contribution < 1.29 is 4.92 Å². The van der Waals surface area contributed by atoms with Gasteiger partial charge in [0.2, 0.25) is 5.82 Å². The average Bonchev–Trinajstić information content (AvgIpc) is 2.74. The molecule has 1 aromatic heterocycles. The molecule has 0 aliphatic carbocycles. The van der Waals surface area contributed by atoms with Crippen LogP contribution in [-0.4, -0.2) is 33.8 Å². The molecule has 0 saturated carbocycles. The first kappa shape index (κ1) is 14.8. The lowest BCUT2D eigenvalue weighted by Gasteiger charge is -2.24. The van der Waals surface area contributed by atoms with Crippen LogP contribution in [0.25, 0.3) is 0 Å². The van der Waals surface area contributed by atoms with Crippen molar-refractivity contribution in [2.45, 2.75) is 52.1 Å². The Bertz CT molecular complexity index is 477. The molecular formula is C13H23N5O2. The molecule has 112 valence electrons. The van der Waals surface area contributed by atoms with Crippen molar-refractivity contribution in [1.82, 2.24) is 15.1 Å². The van der Waals surface area contributed by atoms with Gasteiger partial charge < -0.3 is 10.6 Å². The number of nitrogens with one attached hydrogen (secondary N) is 2. The number of aryl methyl sites for hydroxylation is 1. The highest BCUT2D eigenvalue weighted by molar-refractivity contribution is 5.59. The van der Waals surface area contributed by atoms with Crippen LogP contribution >= 0.6 is 0 Å². The van der Waals surface area contributed by atoms with Crippen LogP contribution in [0.2, 0.25) is 0 Å². The molecule has 7 nitrogen and oxygen atoms in total. The Morgan fingerprint density at radius 2 is 2.30 bits per heavy atom. The van der Waals surface area contributed by atoms with Gasteiger partial charge >= 0.3 is 5.69 Å². The van der Waals surface area contributed by atoms with E-state index in [-0.39, 0.29) is 16.7 Å². The normalized spacial score (nSPS) is 19.3. The quantitative estimate of drug-likeness (QED) is 0.638. The molecule has 1 saturated heterocycles. The number of nitrogens with zero attached hydrogens (tertiary/aromatic N) is 3. The summed E-state index contributed by atoms with van der Waals surface area (Å²) in [4.78, 5) is 10.9. The number of aromatic nitrogens is 2. The smallest absolute Gasteiger partial charge is 0.333 e. The van der Waals surface area contributed by atoms with Crippen LogP contribution in [0.5, 0.6) is 0 Å². The molecule has 20 heavy (non-hydrogen) atoms. The van der Waals surface area contributed by atoms with Crippen molar-refractivity contribution in [2.75, 3.05) is 18.4 Å². The van der Waals surface area contributed by atoms with Gasteiger partial charge in [0.15, 0.2) is 0 Å². The third-order valence-electron chi connectivity index (χ3n) is 3.65. The van der Waals surface area contributed by atoms with E-state index in [1.165, 1.54) is 12.8 Å². The van der Waals surface area contributed by atoms with Crippen LogP contribution in [0, 0.1) is 17.0 Å². The predicted molar refractivity (Wildman–Crippen MR) is 78.1 cm³/mol. The second kappa shape index (κ2) is 6.21. The fourth-order valence-corrected chi connectivity index (χ4v) is 2.61. The zero-order valence-corrected chi connectivity index (χ0v) is 12.3. The van der Waals surface area contributed by atoms with Gasteiger partial charge in [0.1, 0.15) is 5.69 Å². The first-order valence-corrected chi connectivity index (χ1v) is 7.21. The lowest BCUT2D eigenvalue weighted by atomic mass is 10.1. The van der Waals surface area contributed by atoms with Crippen molar-refractivity contribution in [2.24, 2.45) is 0 Å². The molecule has 1 fully saturated rings. The average molecular weight is 281 g/mol. The molecular weight excluding hydrogens is 258 g/mol. The molecule has 2 rings (SSSR count). The Kier molecular flexibility index (Phi) is 4.59. The van der Waals surface area contributed by atoms with Crippen LogP contribution in [0.3, 0.4) is 0 Å². The Balaban J connectivity index is 2.17. The zero-order chi connectivity index (χ0) is 14.7. The summed E-state index contributed by atoms with van der Waals surface area (Å²) in [6.45, 7) is 7.34. The lowest BCUT2D eigenvalue weighted by Crippen LogP contribution is -2.39. The topological polar surface area (TPSA) is 85.0 Å². The van der Waals surface area contributed by atoms with E-state index in [0.29, 0.717) is 24.1 Å². The van der Waals surface area contributed by atoms with Crippen LogP contribution in [0.4, 0.5) is 11.5 Å². The number of hydrogen-bond donors (Lipinski definition) is 2. The van der Waals surface area contributed by atoms with E-state index in [9.17, 15) is 10.1 Å². The predicted octanol–water partition coefficient (Wildman–Crippen LogP) is 2.23. The second-order valence-electron chi connectivity index (χ2n) is 5.61.